The predicted octanol–water partition coefficient (Wildman–Crippen LogP) is 4.36. The van der Waals surface area contributed by atoms with Crippen molar-refractivity contribution in [3.05, 3.63) is 77.9 Å². The lowest BCUT2D eigenvalue weighted by atomic mass is 9.99. The van der Waals surface area contributed by atoms with Crippen LogP contribution >= 0.6 is 0 Å². The third-order valence-electron chi connectivity index (χ3n) is 5.14. The van der Waals surface area contributed by atoms with Crippen LogP contribution in [0.2, 0.25) is 0 Å². The number of sulfonamides is 1. The van der Waals surface area contributed by atoms with Gasteiger partial charge in [-0.25, -0.2) is 8.42 Å². The first-order valence-corrected chi connectivity index (χ1v) is 11.0. The van der Waals surface area contributed by atoms with Crippen molar-refractivity contribution in [2.45, 2.75) is 37.8 Å². The van der Waals surface area contributed by atoms with Gasteiger partial charge in [-0.15, -0.1) is 0 Å². The maximum atomic E-state index is 12.8. The Balaban J connectivity index is 1.86. The summed E-state index contributed by atoms with van der Waals surface area (Å²) in [5.74, 6) is -0.310. The summed E-state index contributed by atoms with van der Waals surface area (Å²) in [5, 5.41) is 5.18. The van der Waals surface area contributed by atoms with Gasteiger partial charge in [-0.1, -0.05) is 48.5 Å². The molecule has 0 fully saturated rings. The molecule has 1 unspecified atom stereocenters. The van der Waals surface area contributed by atoms with E-state index in [1.807, 2.05) is 49.4 Å². The van der Waals surface area contributed by atoms with Crippen LogP contribution in [0.3, 0.4) is 0 Å². The van der Waals surface area contributed by atoms with Gasteiger partial charge in [-0.3, -0.25) is 4.79 Å². The molecule has 0 radical (unpaired) electrons. The largest absolute Gasteiger partial charge is 0.345 e. The minimum Gasteiger partial charge on any atom is -0.345 e. The van der Waals surface area contributed by atoms with Gasteiger partial charge in [0.15, 0.2) is 0 Å². The number of nitrogens with one attached hydrogen (secondary N) is 1. The molecule has 0 spiro atoms. The Bertz CT molecular complexity index is 1130. The number of nitrogens with zero attached hydrogens (tertiary/aromatic N) is 1. The molecular formula is C23H26N2O3S. The average Bonchev–Trinajstić information content (AvgIpc) is 2.72. The van der Waals surface area contributed by atoms with Crippen LogP contribution < -0.4 is 5.32 Å². The van der Waals surface area contributed by atoms with Crippen molar-refractivity contribution in [1.82, 2.24) is 9.62 Å². The molecule has 152 valence electrons. The Hall–Kier alpha value is -2.70. The van der Waals surface area contributed by atoms with Gasteiger partial charge in [0.05, 0.1) is 10.9 Å². The second-order valence-electron chi connectivity index (χ2n) is 7.41. The molecule has 0 heterocycles. The molecule has 3 aromatic carbocycles. The average molecular weight is 411 g/mol. The molecule has 3 aromatic rings. The Morgan fingerprint density at radius 3 is 2.31 bits per heavy atom. The third-order valence-corrected chi connectivity index (χ3v) is 7.17. The van der Waals surface area contributed by atoms with E-state index < -0.39 is 10.0 Å². The molecule has 0 saturated heterocycles. The minimum absolute atomic E-state index is 0.110. The fourth-order valence-electron chi connectivity index (χ4n) is 3.23. The van der Waals surface area contributed by atoms with Gasteiger partial charge in [0.1, 0.15) is 0 Å². The molecule has 1 amide bonds. The van der Waals surface area contributed by atoms with E-state index in [9.17, 15) is 13.2 Å². The summed E-state index contributed by atoms with van der Waals surface area (Å²) in [6.45, 7) is 5.53. The van der Waals surface area contributed by atoms with E-state index in [0.717, 1.165) is 16.3 Å². The molecule has 0 aromatic heterocycles. The van der Waals surface area contributed by atoms with Crippen molar-refractivity contribution in [2.24, 2.45) is 0 Å². The normalized spacial score (nSPS) is 13.0. The highest BCUT2D eigenvalue weighted by Crippen LogP contribution is 2.25. The van der Waals surface area contributed by atoms with Gasteiger partial charge in [-0.05, 0) is 55.3 Å². The Labute approximate surface area is 172 Å². The SMILES string of the molecule is CC(NC(=O)c1cccc(S(=O)(=O)N(C)C(C)C)c1)c1cccc2ccccc12. The van der Waals surface area contributed by atoms with Crippen molar-refractivity contribution in [2.75, 3.05) is 7.05 Å². The smallest absolute Gasteiger partial charge is 0.251 e. The molecule has 5 nitrogen and oxygen atoms in total. The van der Waals surface area contributed by atoms with Gasteiger partial charge in [0.25, 0.3) is 5.91 Å². The molecule has 1 N–H and O–H groups in total. The van der Waals surface area contributed by atoms with E-state index in [2.05, 4.69) is 5.32 Å². The number of carbonyl (C=O) groups excluding carboxylic acids is 1. The molecule has 6 heteroatoms. The fraction of sp³-hybridized carbons (Fsp3) is 0.261. The Morgan fingerprint density at radius 1 is 0.931 bits per heavy atom. The molecule has 1 atom stereocenters. The number of amides is 1. The minimum atomic E-state index is -3.65. The highest BCUT2D eigenvalue weighted by atomic mass is 32.2. The van der Waals surface area contributed by atoms with Crippen LogP contribution in [0, 0.1) is 0 Å². The first-order chi connectivity index (χ1) is 13.7. The van der Waals surface area contributed by atoms with Crippen molar-refractivity contribution >= 4 is 26.7 Å². The number of hydrogen-bond donors (Lipinski definition) is 1. The molecular weight excluding hydrogens is 384 g/mol. The molecule has 0 aliphatic carbocycles. The third kappa shape index (κ3) is 4.33. The van der Waals surface area contributed by atoms with Gasteiger partial charge in [-0.2, -0.15) is 4.31 Å². The van der Waals surface area contributed by atoms with E-state index in [1.165, 1.54) is 23.5 Å². The van der Waals surface area contributed by atoms with E-state index in [1.54, 1.807) is 26.0 Å². The molecule has 0 saturated carbocycles. The van der Waals surface area contributed by atoms with E-state index in [0.29, 0.717) is 5.56 Å². The van der Waals surface area contributed by atoms with Crippen LogP contribution in [-0.2, 0) is 10.0 Å². The van der Waals surface area contributed by atoms with E-state index in [-0.39, 0.29) is 22.9 Å². The zero-order valence-electron chi connectivity index (χ0n) is 17.1. The van der Waals surface area contributed by atoms with Gasteiger partial charge in [0.2, 0.25) is 10.0 Å². The lowest BCUT2D eigenvalue weighted by Crippen LogP contribution is -2.33. The number of benzene rings is 3. The van der Waals surface area contributed by atoms with Gasteiger partial charge >= 0.3 is 0 Å². The van der Waals surface area contributed by atoms with Crippen LogP contribution in [0.4, 0.5) is 0 Å². The van der Waals surface area contributed by atoms with E-state index in [4.69, 9.17) is 0 Å². The first-order valence-electron chi connectivity index (χ1n) is 9.58. The highest BCUT2D eigenvalue weighted by Gasteiger charge is 2.24. The standard InChI is InChI=1S/C23H26N2O3S/c1-16(2)25(4)29(27,28)20-12-7-11-19(15-20)23(26)24-17(3)21-14-8-10-18-9-5-6-13-22(18)21/h5-17H,1-4H3,(H,24,26). The lowest BCUT2D eigenvalue weighted by molar-refractivity contribution is 0.0940. The van der Waals surface area contributed by atoms with Crippen molar-refractivity contribution in [3.63, 3.8) is 0 Å². The number of fused-ring (bicyclic) bond motifs is 1. The Kier molecular flexibility index (Phi) is 6.05. The maximum Gasteiger partial charge on any atom is 0.251 e. The highest BCUT2D eigenvalue weighted by molar-refractivity contribution is 7.89. The summed E-state index contributed by atoms with van der Waals surface area (Å²) < 4.78 is 26.8. The summed E-state index contributed by atoms with van der Waals surface area (Å²) in [6.07, 6.45) is 0. The number of rotatable bonds is 6. The fourth-order valence-corrected chi connectivity index (χ4v) is 4.64. The summed E-state index contributed by atoms with van der Waals surface area (Å²) in [6, 6.07) is 19.8. The molecule has 3 rings (SSSR count). The summed E-state index contributed by atoms with van der Waals surface area (Å²) in [4.78, 5) is 12.9. The molecule has 0 aliphatic heterocycles. The monoisotopic (exact) mass is 410 g/mol. The van der Waals surface area contributed by atoms with Crippen molar-refractivity contribution in [3.8, 4) is 0 Å². The van der Waals surface area contributed by atoms with Crippen LogP contribution in [0.5, 0.6) is 0 Å². The second kappa shape index (κ2) is 8.35. The number of hydrogen-bond acceptors (Lipinski definition) is 3. The van der Waals surface area contributed by atoms with E-state index >= 15 is 0 Å². The van der Waals surface area contributed by atoms with Gasteiger partial charge < -0.3 is 5.32 Å². The lowest BCUT2D eigenvalue weighted by Gasteiger charge is -2.21. The second-order valence-corrected chi connectivity index (χ2v) is 9.40. The number of carbonyl (C=O) groups is 1. The summed E-state index contributed by atoms with van der Waals surface area (Å²) >= 11 is 0. The topological polar surface area (TPSA) is 66.5 Å². The van der Waals surface area contributed by atoms with Crippen LogP contribution in [0.1, 0.15) is 42.7 Å². The Morgan fingerprint density at radius 2 is 1.59 bits per heavy atom. The molecule has 29 heavy (non-hydrogen) atoms. The zero-order chi connectivity index (χ0) is 21.2. The van der Waals surface area contributed by atoms with Crippen LogP contribution in [-0.4, -0.2) is 31.7 Å². The summed E-state index contributed by atoms with van der Waals surface area (Å²) in [7, 11) is -2.11. The van der Waals surface area contributed by atoms with Crippen molar-refractivity contribution < 1.29 is 13.2 Å². The summed E-state index contributed by atoms with van der Waals surface area (Å²) in [5.41, 5.74) is 1.33. The first kappa shape index (κ1) is 21.0. The predicted molar refractivity (Wildman–Crippen MR) is 116 cm³/mol. The van der Waals surface area contributed by atoms with Gasteiger partial charge in [0, 0.05) is 18.7 Å². The van der Waals surface area contributed by atoms with Crippen LogP contribution in [0.15, 0.2) is 71.6 Å². The maximum absolute atomic E-state index is 12.8. The zero-order valence-corrected chi connectivity index (χ0v) is 17.9. The quantitative estimate of drug-likeness (QED) is 0.657. The molecule has 0 bridgehead atoms. The molecule has 0 aliphatic rings. The van der Waals surface area contributed by atoms with Crippen LogP contribution in [0.25, 0.3) is 10.8 Å². The van der Waals surface area contributed by atoms with Crippen molar-refractivity contribution in [1.29, 1.82) is 0 Å².